The smallest absolute Gasteiger partial charge is 0.412 e. The van der Waals surface area contributed by atoms with E-state index in [0.29, 0.717) is 0 Å². The second-order valence-electron chi connectivity index (χ2n) is 10.7. The van der Waals surface area contributed by atoms with E-state index in [9.17, 15) is 28.8 Å². The first kappa shape index (κ1) is 43.8. The molecule has 0 atom stereocenters. The normalized spacial score (nSPS) is 10.1. The van der Waals surface area contributed by atoms with Gasteiger partial charge >= 0.3 is 36.3 Å². The Morgan fingerprint density at radius 3 is 1.00 bits per heavy atom. The Kier molecular flexibility index (Phi) is 18.3. The molecule has 0 saturated heterocycles. The van der Waals surface area contributed by atoms with Gasteiger partial charge in [0.05, 0.1) is 26.4 Å². The number of benzene rings is 2. The molecule has 0 aliphatic heterocycles. The Bertz CT molecular complexity index is 1470. The van der Waals surface area contributed by atoms with Crippen molar-refractivity contribution in [2.75, 3.05) is 81.5 Å². The number of hydrogen-bond donors (Lipinski definition) is 0. The van der Waals surface area contributed by atoms with Crippen molar-refractivity contribution in [1.29, 1.82) is 0 Å². The van der Waals surface area contributed by atoms with Crippen LogP contribution in [-0.4, -0.2) is 137 Å². The number of hydrogen-bond acceptors (Lipinski definition) is 16. The van der Waals surface area contributed by atoms with Gasteiger partial charge in [-0.25, -0.2) is 38.5 Å². The Labute approximate surface area is 312 Å². The third-order valence-corrected chi connectivity index (χ3v) is 6.54. The van der Waals surface area contributed by atoms with Gasteiger partial charge in [0.1, 0.15) is 11.1 Å². The second-order valence-corrected chi connectivity index (χ2v) is 10.7. The molecule has 0 saturated carbocycles. The van der Waals surface area contributed by atoms with Crippen LogP contribution in [0.2, 0.25) is 0 Å². The first-order valence-corrected chi connectivity index (χ1v) is 16.5. The summed E-state index contributed by atoms with van der Waals surface area (Å²) in [6.07, 6.45) is -2.80. The Morgan fingerprint density at radius 1 is 0.444 bits per heavy atom. The highest BCUT2D eigenvalue weighted by Gasteiger charge is 2.27. The van der Waals surface area contributed by atoms with Crippen LogP contribution in [0.5, 0.6) is 23.0 Å². The van der Waals surface area contributed by atoms with Crippen LogP contribution in [0.3, 0.4) is 0 Å². The summed E-state index contributed by atoms with van der Waals surface area (Å²) >= 11 is 0. The number of para-hydroxylation sites is 2. The fourth-order valence-corrected chi connectivity index (χ4v) is 3.84. The molecule has 0 unspecified atom stereocenters. The van der Waals surface area contributed by atoms with Gasteiger partial charge in [-0.3, -0.25) is 19.6 Å². The standard InChI is InChI=1S/C34H46N4O16/c1-9-45-31(41)35(5)19-49-25-17-13-15-23(27(25)51-21-37(7)33(43)47-11-3)29(39)53-54-30(40)24-16-14-18-26(50-20-36(6)32(42)46-10-2)28(24)52-22-38(8)34(44)48-12-4/h13-18H,9-12,19-22H2,1-8H3. The highest BCUT2D eigenvalue weighted by molar-refractivity contribution is 5.96. The summed E-state index contributed by atoms with van der Waals surface area (Å²) in [7, 11) is 5.59. The summed E-state index contributed by atoms with van der Waals surface area (Å²) in [6, 6.07) is 8.19. The number of rotatable bonds is 18. The summed E-state index contributed by atoms with van der Waals surface area (Å²) in [4.78, 5) is 89.5. The van der Waals surface area contributed by atoms with E-state index in [2.05, 4.69) is 0 Å². The third-order valence-electron chi connectivity index (χ3n) is 6.54. The average Bonchev–Trinajstić information content (AvgIpc) is 3.16. The summed E-state index contributed by atoms with van der Waals surface area (Å²) in [6.45, 7) is 5.44. The zero-order valence-corrected chi connectivity index (χ0v) is 31.4. The van der Waals surface area contributed by atoms with Crippen LogP contribution < -0.4 is 18.9 Å². The predicted octanol–water partition coefficient (Wildman–Crippen LogP) is 4.31. The van der Waals surface area contributed by atoms with Gasteiger partial charge in [0.15, 0.2) is 49.9 Å². The zero-order valence-electron chi connectivity index (χ0n) is 31.4. The Hall–Kier alpha value is -6.34. The van der Waals surface area contributed by atoms with Gasteiger partial charge in [-0.15, -0.1) is 0 Å². The molecule has 0 heterocycles. The minimum atomic E-state index is -1.23. The molecular formula is C34H46N4O16. The molecule has 0 bridgehead atoms. The van der Waals surface area contributed by atoms with Gasteiger partial charge in [-0.1, -0.05) is 12.1 Å². The lowest BCUT2D eigenvalue weighted by Gasteiger charge is -2.22. The summed E-state index contributed by atoms with van der Waals surface area (Å²) in [5.74, 6) is -3.03. The van der Waals surface area contributed by atoms with E-state index in [1.165, 1.54) is 64.6 Å². The first-order valence-electron chi connectivity index (χ1n) is 16.5. The lowest BCUT2D eigenvalue weighted by atomic mass is 10.2. The molecule has 298 valence electrons. The van der Waals surface area contributed by atoms with Crippen LogP contribution in [0.15, 0.2) is 36.4 Å². The number of nitrogens with zero attached hydrogens (tertiary/aromatic N) is 4. The number of carbonyl (C=O) groups excluding carboxylic acids is 6. The van der Waals surface area contributed by atoms with Crippen molar-refractivity contribution in [1.82, 2.24) is 19.6 Å². The number of ether oxygens (including phenoxy) is 8. The topological polar surface area (TPSA) is 208 Å². The van der Waals surface area contributed by atoms with E-state index < -0.39 is 49.8 Å². The molecule has 0 aliphatic rings. The fraction of sp³-hybridized carbons (Fsp3) is 0.471. The van der Waals surface area contributed by atoms with Crippen LogP contribution in [0.25, 0.3) is 0 Å². The molecule has 20 heteroatoms. The van der Waals surface area contributed by atoms with Crippen LogP contribution in [0.4, 0.5) is 19.2 Å². The quantitative estimate of drug-likeness (QED) is 0.0896. The summed E-state index contributed by atoms with van der Waals surface area (Å²) < 4.78 is 42.8. The second kappa shape index (κ2) is 22.6. The lowest BCUT2D eigenvalue weighted by molar-refractivity contribution is -0.187. The highest BCUT2D eigenvalue weighted by atomic mass is 17.2. The molecule has 54 heavy (non-hydrogen) atoms. The van der Waals surface area contributed by atoms with Gasteiger partial charge in [-0.2, -0.15) is 0 Å². The highest BCUT2D eigenvalue weighted by Crippen LogP contribution is 2.34. The molecule has 2 aromatic carbocycles. The predicted molar refractivity (Wildman–Crippen MR) is 185 cm³/mol. The number of amides is 4. The van der Waals surface area contributed by atoms with E-state index in [-0.39, 0.29) is 74.0 Å². The monoisotopic (exact) mass is 766 g/mol. The van der Waals surface area contributed by atoms with Crippen molar-refractivity contribution >= 4 is 36.3 Å². The molecule has 20 nitrogen and oxygen atoms in total. The van der Waals surface area contributed by atoms with Crippen molar-refractivity contribution in [2.45, 2.75) is 27.7 Å². The van der Waals surface area contributed by atoms with E-state index in [1.807, 2.05) is 0 Å². The van der Waals surface area contributed by atoms with Gasteiger partial charge in [0.2, 0.25) is 0 Å². The molecule has 2 aromatic rings. The maximum Gasteiger partial charge on any atom is 0.412 e. The van der Waals surface area contributed by atoms with E-state index in [0.717, 1.165) is 19.6 Å². The van der Waals surface area contributed by atoms with Crippen molar-refractivity contribution in [3.8, 4) is 23.0 Å². The molecule has 0 fully saturated rings. The van der Waals surface area contributed by atoms with Crippen molar-refractivity contribution in [2.24, 2.45) is 0 Å². The van der Waals surface area contributed by atoms with Crippen LogP contribution in [0, 0.1) is 0 Å². The van der Waals surface area contributed by atoms with Crippen LogP contribution >= 0.6 is 0 Å². The SMILES string of the molecule is CCOC(=O)N(C)COc1cccc(C(=O)OOC(=O)c2cccc(OCN(C)C(=O)OCC)c2OCN(C)C(=O)OCC)c1OCN(C)C(=O)OCC. The molecular weight excluding hydrogens is 720 g/mol. The first-order chi connectivity index (χ1) is 25.8. The van der Waals surface area contributed by atoms with Gasteiger partial charge in [0, 0.05) is 28.2 Å². The van der Waals surface area contributed by atoms with Crippen molar-refractivity contribution in [3.05, 3.63) is 47.5 Å². The van der Waals surface area contributed by atoms with E-state index in [1.54, 1.807) is 27.7 Å². The average molecular weight is 767 g/mol. The number of carbonyl (C=O) groups is 6. The van der Waals surface area contributed by atoms with E-state index in [4.69, 9.17) is 47.7 Å². The van der Waals surface area contributed by atoms with Crippen molar-refractivity contribution in [3.63, 3.8) is 0 Å². The minimum Gasteiger partial charge on any atom is -0.469 e. The molecule has 0 radical (unpaired) electrons. The Balaban J connectivity index is 2.38. The molecule has 0 aromatic heterocycles. The summed E-state index contributed by atoms with van der Waals surface area (Å²) in [5.41, 5.74) is -0.606. The van der Waals surface area contributed by atoms with Gasteiger partial charge < -0.3 is 37.9 Å². The van der Waals surface area contributed by atoms with Crippen LogP contribution in [-0.2, 0) is 28.7 Å². The maximum absolute atomic E-state index is 13.4. The van der Waals surface area contributed by atoms with E-state index >= 15 is 0 Å². The minimum absolute atomic E-state index is 0.0526. The van der Waals surface area contributed by atoms with Gasteiger partial charge in [-0.05, 0) is 52.0 Å². The molecule has 2 rings (SSSR count). The Morgan fingerprint density at radius 2 is 0.722 bits per heavy atom. The summed E-state index contributed by atoms with van der Waals surface area (Å²) in [5, 5.41) is 0. The largest absolute Gasteiger partial charge is 0.469 e. The molecule has 4 amide bonds. The zero-order chi connectivity index (χ0) is 40.2. The van der Waals surface area contributed by atoms with Crippen LogP contribution in [0.1, 0.15) is 48.4 Å². The molecule has 0 aliphatic carbocycles. The maximum atomic E-state index is 13.4. The molecule has 0 spiro atoms. The molecule has 0 N–H and O–H groups in total. The fourth-order valence-electron chi connectivity index (χ4n) is 3.84. The van der Waals surface area contributed by atoms with Crippen molar-refractivity contribution < 1.29 is 76.4 Å². The van der Waals surface area contributed by atoms with Gasteiger partial charge in [0.25, 0.3) is 0 Å². The lowest BCUT2D eigenvalue weighted by Crippen LogP contribution is -2.32. The third kappa shape index (κ3) is 13.3.